The van der Waals surface area contributed by atoms with Gasteiger partial charge in [0.05, 0.1) is 23.8 Å². The van der Waals surface area contributed by atoms with Gasteiger partial charge in [-0.2, -0.15) is 5.26 Å². The van der Waals surface area contributed by atoms with E-state index >= 15 is 0 Å². The minimum Gasteiger partial charge on any atom is -0.393 e. The molecule has 0 radical (unpaired) electrons. The van der Waals surface area contributed by atoms with Crippen LogP contribution in [0.25, 0.3) is 6.08 Å². The van der Waals surface area contributed by atoms with E-state index in [1.807, 2.05) is 31.2 Å². The lowest BCUT2D eigenvalue weighted by Gasteiger charge is -2.49. The van der Waals surface area contributed by atoms with Gasteiger partial charge in [0.1, 0.15) is 0 Å². The number of aliphatic hydroxyl groups excluding tert-OH is 1. The van der Waals surface area contributed by atoms with Crippen molar-refractivity contribution in [2.24, 2.45) is 10.8 Å². The highest BCUT2D eigenvalue weighted by molar-refractivity contribution is 5.61. The molecular formula is C23H29NO2. The SMILES string of the molecule is C=C/C(=C/c1cc(C#N)ccc1C)CC1(C)CC(O)(CO)CCC12CC2. The lowest BCUT2D eigenvalue weighted by molar-refractivity contribution is -0.107. The number of nitrogens with zero attached hydrogens (tertiary/aromatic N) is 1. The van der Waals surface area contributed by atoms with Crippen molar-refractivity contribution in [3.8, 4) is 6.07 Å². The molecule has 0 saturated heterocycles. The third kappa shape index (κ3) is 3.37. The van der Waals surface area contributed by atoms with Crippen molar-refractivity contribution in [1.82, 2.24) is 0 Å². The van der Waals surface area contributed by atoms with Gasteiger partial charge in [-0.15, -0.1) is 0 Å². The fourth-order valence-electron chi connectivity index (χ4n) is 4.86. The molecule has 1 aromatic rings. The van der Waals surface area contributed by atoms with Crippen LogP contribution in [0.5, 0.6) is 0 Å². The Morgan fingerprint density at radius 2 is 2.00 bits per heavy atom. The molecular weight excluding hydrogens is 322 g/mol. The van der Waals surface area contributed by atoms with Crippen molar-refractivity contribution in [1.29, 1.82) is 5.26 Å². The molecule has 0 aliphatic heterocycles. The van der Waals surface area contributed by atoms with Gasteiger partial charge in [-0.3, -0.25) is 0 Å². The number of hydrogen-bond donors (Lipinski definition) is 2. The average molecular weight is 351 g/mol. The highest BCUT2D eigenvalue weighted by Crippen LogP contribution is 2.69. The van der Waals surface area contributed by atoms with Crippen molar-refractivity contribution in [3.05, 3.63) is 53.1 Å². The molecule has 0 bridgehead atoms. The Morgan fingerprint density at radius 1 is 1.31 bits per heavy atom. The summed E-state index contributed by atoms with van der Waals surface area (Å²) in [6, 6.07) is 7.92. The summed E-state index contributed by atoms with van der Waals surface area (Å²) in [4.78, 5) is 0. The summed E-state index contributed by atoms with van der Waals surface area (Å²) in [6.45, 7) is 8.14. The van der Waals surface area contributed by atoms with Gasteiger partial charge in [0, 0.05) is 0 Å². The number of rotatable bonds is 5. The van der Waals surface area contributed by atoms with Crippen LogP contribution in [0.3, 0.4) is 0 Å². The first-order chi connectivity index (χ1) is 12.3. The Morgan fingerprint density at radius 3 is 2.58 bits per heavy atom. The summed E-state index contributed by atoms with van der Waals surface area (Å²) >= 11 is 0. The standard InChI is InChI=1S/C23H29NO2/c1-4-18(11-20-12-19(14-24)6-5-17(20)2)13-21(3)15-23(26,16-25)10-9-22(21)7-8-22/h4-6,11-12,25-26H,1,7-10,13,15-16H2,2-3H3/b18-11-. The summed E-state index contributed by atoms with van der Waals surface area (Å²) in [5.74, 6) is 0. The van der Waals surface area contributed by atoms with Gasteiger partial charge < -0.3 is 10.2 Å². The van der Waals surface area contributed by atoms with E-state index in [2.05, 4.69) is 25.6 Å². The van der Waals surface area contributed by atoms with Crippen LogP contribution >= 0.6 is 0 Å². The van der Waals surface area contributed by atoms with E-state index < -0.39 is 5.60 Å². The van der Waals surface area contributed by atoms with Gasteiger partial charge in [0.25, 0.3) is 0 Å². The van der Waals surface area contributed by atoms with Gasteiger partial charge in [0.2, 0.25) is 0 Å². The Kier molecular flexibility index (Phi) is 4.86. The minimum atomic E-state index is -0.967. The van der Waals surface area contributed by atoms with Crippen LogP contribution in [0.4, 0.5) is 0 Å². The van der Waals surface area contributed by atoms with Crippen molar-refractivity contribution >= 4 is 6.08 Å². The number of hydrogen-bond acceptors (Lipinski definition) is 3. The average Bonchev–Trinajstić information content (AvgIpc) is 3.42. The molecule has 2 N–H and O–H groups in total. The van der Waals surface area contributed by atoms with E-state index in [1.54, 1.807) is 0 Å². The zero-order chi connectivity index (χ0) is 19.0. The minimum absolute atomic E-state index is 0.0521. The summed E-state index contributed by atoms with van der Waals surface area (Å²) < 4.78 is 0. The monoisotopic (exact) mass is 351 g/mol. The lowest BCUT2D eigenvalue weighted by Crippen LogP contribution is -2.48. The molecule has 2 fully saturated rings. The van der Waals surface area contributed by atoms with E-state index in [0.29, 0.717) is 23.8 Å². The molecule has 2 aliphatic rings. The topological polar surface area (TPSA) is 64.2 Å². The quantitative estimate of drug-likeness (QED) is 0.767. The number of benzene rings is 1. The van der Waals surface area contributed by atoms with Crippen molar-refractivity contribution < 1.29 is 10.2 Å². The summed E-state index contributed by atoms with van der Waals surface area (Å²) in [5, 5.41) is 29.6. The van der Waals surface area contributed by atoms with E-state index in [1.165, 1.54) is 12.8 Å². The normalized spacial score (nSPS) is 30.0. The van der Waals surface area contributed by atoms with Crippen molar-refractivity contribution in [2.45, 2.75) is 58.0 Å². The van der Waals surface area contributed by atoms with E-state index in [0.717, 1.165) is 29.5 Å². The highest BCUT2D eigenvalue weighted by atomic mass is 16.3. The molecule has 26 heavy (non-hydrogen) atoms. The molecule has 1 aromatic carbocycles. The molecule has 0 aromatic heterocycles. The molecule has 2 unspecified atom stereocenters. The fraction of sp³-hybridized carbons (Fsp3) is 0.522. The zero-order valence-electron chi connectivity index (χ0n) is 15.9. The van der Waals surface area contributed by atoms with Crippen LogP contribution in [-0.2, 0) is 0 Å². The molecule has 2 saturated carbocycles. The summed E-state index contributed by atoms with van der Waals surface area (Å²) in [6.07, 6.45) is 9.55. The largest absolute Gasteiger partial charge is 0.393 e. The first kappa shape index (κ1) is 18.9. The fourth-order valence-corrected chi connectivity index (χ4v) is 4.86. The number of nitriles is 1. The number of aliphatic hydroxyl groups is 2. The van der Waals surface area contributed by atoms with Gasteiger partial charge in [-0.25, -0.2) is 0 Å². The molecule has 2 aliphatic carbocycles. The molecule has 1 spiro atoms. The maximum absolute atomic E-state index is 10.7. The zero-order valence-corrected chi connectivity index (χ0v) is 15.9. The van der Waals surface area contributed by atoms with E-state index in [4.69, 9.17) is 5.26 Å². The second-order valence-electron chi connectivity index (χ2n) is 8.68. The molecule has 3 rings (SSSR count). The highest BCUT2D eigenvalue weighted by Gasteiger charge is 2.61. The lowest BCUT2D eigenvalue weighted by atomic mass is 9.58. The molecule has 0 heterocycles. The van der Waals surface area contributed by atoms with Crippen molar-refractivity contribution in [2.75, 3.05) is 6.61 Å². The van der Waals surface area contributed by atoms with Crippen LogP contribution < -0.4 is 0 Å². The predicted molar refractivity (Wildman–Crippen MR) is 104 cm³/mol. The van der Waals surface area contributed by atoms with E-state index in [9.17, 15) is 10.2 Å². The molecule has 0 amide bonds. The van der Waals surface area contributed by atoms with Gasteiger partial charge in [0.15, 0.2) is 0 Å². The Hall–Kier alpha value is -1.89. The maximum atomic E-state index is 10.7. The number of aryl methyl sites for hydroxylation is 1. The number of allylic oxidation sites excluding steroid dienone is 2. The second-order valence-corrected chi connectivity index (χ2v) is 8.68. The maximum Gasteiger partial charge on any atom is 0.0991 e. The third-order valence-electron chi connectivity index (χ3n) is 6.82. The molecule has 3 heteroatoms. The van der Waals surface area contributed by atoms with Gasteiger partial charge in [-0.05, 0) is 85.1 Å². The Labute approximate surface area is 156 Å². The third-order valence-corrected chi connectivity index (χ3v) is 6.82. The second kappa shape index (κ2) is 6.68. The van der Waals surface area contributed by atoms with Gasteiger partial charge in [-0.1, -0.05) is 31.7 Å². The van der Waals surface area contributed by atoms with E-state index in [-0.39, 0.29) is 12.0 Å². The van der Waals surface area contributed by atoms with Crippen LogP contribution in [-0.4, -0.2) is 22.4 Å². The molecule has 2 atom stereocenters. The van der Waals surface area contributed by atoms with Crippen LogP contribution in [0.15, 0.2) is 36.4 Å². The summed E-state index contributed by atoms with van der Waals surface area (Å²) in [5.41, 5.74) is 3.22. The Bertz CT molecular complexity index is 784. The van der Waals surface area contributed by atoms with Crippen LogP contribution in [0, 0.1) is 29.1 Å². The Balaban J connectivity index is 1.92. The smallest absolute Gasteiger partial charge is 0.0991 e. The summed E-state index contributed by atoms with van der Waals surface area (Å²) in [7, 11) is 0. The van der Waals surface area contributed by atoms with Crippen molar-refractivity contribution in [3.63, 3.8) is 0 Å². The van der Waals surface area contributed by atoms with Crippen LogP contribution in [0.2, 0.25) is 0 Å². The molecule has 3 nitrogen and oxygen atoms in total. The first-order valence-corrected chi connectivity index (χ1v) is 9.46. The molecule has 138 valence electrons. The van der Waals surface area contributed by atoms with Crippen LogP contribution in [0.1, 0.15) is 62.1 Å². The first-order valence-electron chi connectivity index (χ1n) is 9.46. The van der Waals surface area contributed by atoms with Gasteiger partial charge >= 0.3 is 0 Å². The predicted octanol–water partition coefficient (Wildman–Crippen LogP) is 4.52.